The molecule has 0 radical (unpaired) electrons. The van der Waals surface area contributed by atoms with Gasteiger partial charge in [-0.2, -0.15) is 0 Å². The summed E-state index contributed by atoms with van der Waals surface area (Å²) in [7, 11) is 1.99. The number of fused-ring (bicyclic) bond motifs is 1. The fraction of sp³-hybridized carbons (Fsp3) is 0.333. The van der Waals surface area contributed by atoms with Gasteiger partial charge in [-0.15, -0.1) is 5.10 Å². The minimum atomic E-state index is -0.533. The van der Waals surface area contributed by atoms with Crippen molar-refractivity contribution in [1.82, 2.24) is 14.6 Å². The molecule has 4 aromatic rings. The van der Waals surface area contributed by atoms with Crippen molar-refractivity contribution in [1.29, 1.82) is 0 Å². The fourth-order valence-corrected chi connectivity index (χ4v) is 5.07. The van der Waals surface area contributed by atoms with E-state index in [4.69, 9.17) is 21.4 Å². The predicted octanol–water partition coefficient (Wildman–Crippen LogP) is 5.77. The van der Waals surface area contributed by atoms with E-state index >= 15 is 0 Å². The van der Waals surface area contributed by atoms with E-state index < -0.39 is 5.60 Å². The Bertz CT molecular complexity index is 1510. The standard InChI is InChI=1S/C30H32ClN5O3/c1-30(2,3)39-29(38)16-21-15-28(37)35(19-21)24-10-8-22(9-11-24)25-17-32-26-12-13-27(33-36(25)26)34(4)18-20-6-5-7-23(31)14-20/h5-14,17,21H,15-16,18-19H2,1-4H3. The molecule has 0 saturated carbocycles. The van der Waals surface area contributed by atoms with Crippen LogP contribution >= 0.6 is 11.6 Å². The Labute approximate surface area is 233 Å². The molecule has 1 fully saturated rings. The molecule has 1 unspecified atom stereocenters. The Hall–Kier alpha value is -3.91. The molecular weight excluding hydrogens is 514 g/mol. The van der Waals surface area contributed by atoms with Crippen LogP contribution in [0.2, 0.25) is 5.02 Å². The maximum absolute atomic E-state index is 12.7. The summed E-state index contributed by atoms with van der Waals surface area (Å²) in [6.45, 7) is 6.70. The molecule has 1 atom stereocenters. The third-order valence-electron chi connectivity index (χ3n) is 6.60. The molecule has 0 N–H and O–H groups in total. The number of ether oxygens (including phenoxy) is 1. The van der Waals surface area contributed by atoms with Crippen LogP contribution in [0.1, 0.15) is 39.2 Å². The summed E-state index contributed by atoms with van der Waals surface area (Å²) in [4.78, 5) is 33.3. The first-order chi connectivity index (χ1) is 18.6. The smallest absolute Gasteiger partial charge is 0.306 e. The summed E-state index contributed by atoms with van der Waals surface area (Å²) in [6, 6.07) is 19.5. The number of amides is 1. The monoisotopic (exact) mass is 545 g/mol. The predicted molar refractivity (Wildman–Crippen MR) is 153 cm³/mol. The van der Waals surface area contributed by atoms with Crippen molar-refractivity contribution in [2.24, 2.45) is 5.92 Å². The number of hydrogen-bond acceptors (Lipinski definition) is 6. The van der Waals surface area contributed by atoms with E-state index in [0.29, 0.717) is 24.5 Å². The second-order valence-electron chi connectivity index (χ2n) is 11.0. The van der Waals surface area contributed by atoms with E-state index in [1.165, 1.54) is 0 Å². The summed E-state index contributed by atoms with van der Waals surface area (Å²) in [6.07, 6.45) is 2.37. The van der Waals surface area contributed by atoms with Crippen LogP contribution in [0.3, 0.4) is 0 Å². The first-order valence-electron chi connectivity index (χ1n) is 13.0. The highest BCUT2D eigenvalue weighted by atomic mass is 35.5. The molecule has 202 valence electrons. The molecule has 5 rings (SSSR count). The second kappa shape index (κ2) is 10.7. The zero-order valence-corrected chi connectivity index (χ0v) is 23.4. The molecule has 0 spiro atoms. The second-order valence-corrected chi connectivity index (χ2v) is 11.4. The van der Waals surface area contributed by atoms with Crippen LogP contribution in [-0.4, -0.2) is 45.7 Å². The Morgan fingerprint density at radius 3 is 2.62 bits per heavy atom. The highest BCUT2D eigenvalue weighted by Gasteiger charge is 2.33. The third kappa shape index (κ3) is 6.23. The average Bonchev–Trinajstić information content (AvgIpc) is 3.45. The quantitative estimate of drug-likeness (QED) is 0.274. The molecule has 3 heterocycles. The number of aromatic nitrogens is 3. The van der Waals surface area contributed by atoms with E-state index in [2.05, 4.69) is 9.88 Å². The van der Waals surface area contributed by atoms with Crippen molar-refractivity contribution in [3.63, 3.8) is 0 Å². The Kier molecular flexibility index (Phi) is 7.32. The van der Waals surface area contributed by atoms with Gasteiger partial charge in [0.25, 0.3) is 0 Å². The molecule has 2 aromatic heterocycles. The van der Waals surface area contributed by atoms with Gasteiger partial charge in [0.1, 0.15) is 11.4 Å². The first kappa shape index (κ1) is 26.7. The zero-order valence-electron chi connectivity index (χ0n) is 22.6. The van der Waals surface area contributed by atoms with Crippen molar-refractivity contribution >= 4 is 40.6 Å². The lowest BCUT2D eigenvalue weighted by molar-refractivity contribution is -0.155. The Morgan fingerprint density at radius 1 is 1.13 bits per heavy atom. The van der Waals surface area contributed by atoms with Crippen LogP contribution in [0.5, 0.6) is 0 Å². The summed E-state index contributed by atoms with van der Waals surface area (Å²) in [5.74, 6) is 0.490. The number of nitrogens with zero attached hydrogens (tertiary/aromatic N) is 5. The molecule has 1 aliphatic heterocycles. The lowest BCUT2D eigenvalue weighted by Gasteiger charge is -2.21. The van der Waals surface area contributed by atoms with Gasteiger partial charge in [0.15, 0.2) is 5.65 Å². The zero-order chi connectivity index (χ0) is 27.7. The molecular formula is C30H32ClN5O3. The number of carbonyl (C=O) groups excluding carboxylic acids is 2. The normalized spacial score (nSPS) is 15.7. The van der Waals surface area contributed by atoms with E-state index in [1.807, 2.05) is 93.0 Å². The molecule has 2 aromatic carbocycles. The van der Waals surface area contributed by atoms with E-state index in [9.17, 15) is 9.59 Å². The third-order valence-corrected chi connectivity index (χ3v) is 6.84. The number of esters is 1. The van der Waals surface area contributed by atoms with E-state index in [-0.39, 0.29) is 24.2 Å². The van der Waals surface area contributed by atoms with Gasteiger partial charge in [-0.3, -0.25) is 9.59 Å². The van der Waals surface area contributed by atoms with Crippen LogP contribution in [0.25, 0.3) is 16.9 Å². The minimum Gasteiger partial charge on any atom is -0.460 e. The van der Waals surface area contributed by atoms with Crippen LogP contribution in [0, 0.1) is 5.92 Å². The van der Waals surface area contributed by atoms with Gasteiger partial charge in [-0.25, -0.2) is 9.50 Å². The van der Waals surface area contributed by atoms with E-state index in [0.717, 1.165) is 34.0 Å². The van der Waals surface area contributed by atoms with Gasteiger partial charge in [-0.05, 0) is 68.7 Å². The molecule has 9 heteroatoms. The largest absolute Gasteiger partial charge is 0.460 e. The van der Waals surface area contributed by atoms with Crippen molar-refractivity contribution < 1.29 is 14.3 Å². The summed E-state index contributed by atoms with van der Waals surface area (Å²) in [5, 5.41) is 5.55. The Balaban J connectivity index is 1.30. The number of halogens is 1. The molecule has 0 aliphatic carbocycles. The molecule has 1 amide bonds. The van der Waals surface area contributed by atoms with Gasteiger partial charge < -0.3 is 14.5 Å². The van der Waals surface area contributed by atoms with Gasteiger partial charge >= 0.3 is 5.97 Å². The molecule has 1 saturated heterocycles. The fourth-order valence-electron chi connectivity index (χ4n) is 4.85. The number of imidazole rings is 1. The molecule has 8 nitrogen and oxygen atoms in total. The SMILES string of the molecule is CN(Cc1cccc(Cl)c1)c1ccc2ncc(-c3ccc(N4CC(CC(=O)OC(C)(C)C)CC4=O)cc3)n2n1. The summed E-state index contributed by atoms with van der Waals surface area (Å²) >= 11 is 6.15. The average molecular weight is 546 g/mol. The van der Waals surface area contributed by atoms with Crippen LogP contribution in [0.4, 0.5) is 11.5 Å². The van der Waals surface area contributed by atoms with Gasteiger partial charge in [0.2, 0.25) is 5.91 Å². The Morgan fingerprint density at radius 2 is 1.90 bits per heavy atom. The van der Waals surface area contributed by atoms with Crippen molar-refractivity contribution in [2.45, 2.75) is 45.8 Å². The number of anilines is 2. The lowest BCUT2D eigenvalue weighted by atomic mass is 10.0. The number of benzene rings is 2. The molecule has 0 bridgehead atoms. The summed E-state index contributed by atoms with van der Waals surface area (Å²) in [5.41, 5.74) is 3.90. The number of hydrogen-bond donors (Lipinski definition) is 0. The van der Waals surface area contributed by atoms with Gasteiger partial charge in [0, 0.05) is 42.8 Å². The lowest BCUT2D eigenvalue weighted by Crippen LogP contribution is -2.27. The van der Waals surface area contributed by atoms with Crippen molar-refractivity contribution in [3.8, 4) is 11.3 Å². The minimum absolute atomic E-state index is 0.0140. The van der Waals surface area contributed by atoms with Crippen molar-refractivity contribution in [2.75, 3.05) is 23.4 Å². The maximum atomic E-state index is 12.7. The van der Waals surface area contributed by atoms with Crippen LogP contribution in [-0.2, 0) is 20.9 Å². The van der Waals surface area contributed by atoms with Crippen LogP contribution < -0.4 is 9.80 Å². The van der Waals surface area contributed by atoms with E-state index in [1.54, 1.807) is 11.1 Å². The highest BCUT2D eigenvalue weighted by Crippen LogP contribution is 2.30. The first-order valence-corrected chi connectivity index (χ1v) is 13.4. The summed E-state index contributed by atoms with van der Waals surface area (Å²) < 4.78 is 7.26. The number of rotatable bonds is 7. The number of carbonyl (C=O) groups is 2. The van der Waals surface area contributed by atoms with Gasteiger partial charge in [0.05, 0.1) is 18.3 Å². The van der Waals surface area contributed by atoms with Crippen molar-refractivity contribution in [3.05, 3.63) is 77.4 Å². The molecule has 39 heavy (non-hydrogen) atoms. The molecule has 1 aliphatic rings. The van der Waals surface area contributed by atoms with Gasteiger partial charge in [-0.1, -0.05) is 35.9 Å². The maximum Gasteiger partial charge on any atom is 0.306 e. The topological polar surface area (TPSA) is 80.0 Å². The van der Waals surface area contributed by atoms with Crippen LogP contribution in [0.15, 0.2) is 66.9 Å². The highest BCUT2D eigenvalue weighted by molar-refractivity contribution is 6.30.